The van der Waals surface area contributed by atoms with Crippen LogP contribution in [0.3, 0.4) is 0 Å². The Bertz CT molecular complexity index is 1230. The Labute approximate surface area is 141 Å². The van der Waals surface area contributed by atoms with Crippen LogP contribution in [0.4, 0.5) is 17.6 Å². The lowest BCUT2D eigenvalue weighted by Crippen LogP contribution is -2.07. The molecule has 0 aliphatic rings. The van der Waals surface area contributed by atoms with E-state index in [0.29, 0.717) is 0 Å². The Morgan fingerprint density at radius 2 is 1.67 bits per heavy atom. The number of hydrogen-bond donors (Lipinski definition) is 4. The first-order valence-corrected chi connectivity index (χ1v) is 7.41. The van der Waals surface area contributed by atoms with Crippen LogP contribution in [-0.4, -0.2) is 32.9 Å². The number of hydrogen-bond acceptors (Lipinski definition) is 10. The summed E-state index contributed by atoms with van der Waals surface area (Å²) in [4.78, 5) is 15.6. The van der Waals surface area contributed by atoms with Gasteiger partial charge in [-0.1, -0.05) is 0 Å². The van der Waals surface area contributed by atoms with Gasteiger partial charge in [0.15, 0.2) is 22.8 Å². The van der Waals surface area contributed by atoms with Crippen LogP contribution in [0, 0.1) is 0 Å². The van der Waals surface area contributed by atoms with E-state index in [-0.39, 0.29) is 34.4 Å². The number of rotatable bonds is 3. The molecule has 0 saturated carbocycles. The molecule has 24 heavy (non-hydrogen) atoms. The summed E-state index contributed by atoms with van der Waals surface area (Å²) in [5, 5.41) is 0. The topological polar surface area (TPSA) is 193 Å². The Kier molecular flexibility index (Phi) is 2.56. The lowest BCUT2D eigenvalue weighted by molar-refractivity contribution is 0.387. The molecule has 0 aliphatic carbocycles. The molecule has 0 unspecified atom stereocenters. The number of anilines is 3. The van der Waals surface area contributed by atoms with Crippen LogP contribution >= 0.6 is 0 Å². The van der Waals surface area contributed by atoms with Crippen molar-refractivity contribution in [2.24, 2.45) is 0 Å². The average molecular weight is 353 g/mol. The van der Waals surface area contributed by atoms with Crippen LogP contribution in [0.15, 0.2) is 24.2 Å². The second-order valence-electron chi connectivity index (χ2n) is 4.31. The standard InChI is InChI=1S/C12H11N7O4S/c13-9-7(5-1-3-6(4-2-5)23-24(20,21)22)16-8-10(14)18-12(15)19-11(8)17-9/h1-4H,(H,20,21,22)(H6,13,14,15,17,18,19)/i1D,2D,3D,4D. The van der Waals surface area contributed by atoms with Crippen LogP contribution in [0.5, 0.6) is 5.75 Å². The molecule has 1 aromatic carbocycles. The predicted octanol–water partition coefficient (Wildman–Crippen LogP) is 0.0150. The highest BCUT2D eigenvalue weighted by molar-refractivity contribution is 7.81. The van der Waals surface area contributed by atoms with Crippen molar-refractivity contribution in [3.8, 4) is 17.0 Å². The number of benzene rings is 1. The summed E-state index contributed by atoms with van der Waals surface area (Å²) in [6.07, 6.45) is 0. The highest BCUT2D eigenvalue weighted by Crippen LogP contribution is 2.28. The molecular weight excluding hydrogens is 338 g/mol. The third kappa shape index (κ3) is 3.09. The van der Waals surface area contributed by atoms with Crippen LogP contribution in [0.1, 0.15) is 5.48 Å². The lowest BCUT2D eigenvalue weighted by Gasteiger charge is -2.08. The van der Waals surface area contributed by atoms with Crippen molar-refractivity contribution in [1.82, 2.24) is 19.9 Å². The van der Waals surface area contributed by atoms with Crippen molar-refractivity contribution in [3.05, 3.63) is 24.2 Å². The van der Waals surface area contributed by atoms with Crippen LogP contribution in [0.2, 0.25) is 0 Å². The van der Waals surface area contributed by atoms with Gasteiger partial charge in [0.1, 0.15) is 11.4 Å². The second kappa shape index (κ2) is 5.43. The van der Waals surface area contributed by atoms with E-state index >= 15 is 0 Å². The van der Waals surface area contributed by atoms with E-state index in [4.69, 9.17) is 27.2 Å². The van der Waals surface area contributed by atoms with E-state index in [1.54, 1.807) is 0 Å². The van der Waals surface area contributed by atoms with Gasteiger partial charge >= 0.3 is 10.4 Å². The lowest BCUT2D eigenvalue weighted by atomic mass is 10.1. The first kappa shape index (κ1) is 11.3. The minimum atomic E-state index is -5.08. The molecular formula is C12H11N7O4S. The summed E-state index contributed by atoms with van der Waals surface area (Å²) in [5.41, 5.74) is 16.3. The number of fused-ring (bicyclic) bond motifs is 1. The van der Waals surface area contributed by atoms with Gasteiger partial charge in [-0.3, -0.25) is 4.55 Å². The zero-order valence-electron chi connectivity index (χ0n) is 15.6. The molecule has 2 aromatic heterocycles. The van der Waals surface area contributed by atoms with Crippen molar-refractivity contribution in [2.45, 2.75) is 0 Å². The van der Waals surface area contributed by atoms with Crippen molar-refractivity contribution in [1.29, 1.82) is 0 Å². The monoisotopic (exact) mass is 353 g/mol. The average Bonchev–Trinajstić information content (AvgIpc) is 2.57. The fraction of sp³-hybridized carbons (Fsp3) is 0. The van der Waals surface area contributed by atoms with E-state index in [1.165, 1.54) is 0 Å². The van der Waals surface area contributed by atoms with Crippen molar-refractivity contribution in [3.63, 3.8) is 0 Å². The molecule has 12 heteroatoms. The molecule has 2 heterocycles. The third-order valence-corrected chi connectivity index (χ3v) is 3.01. The molecule has 0 bridgehead atoms. The fourth-order valence-electron chi connectivity index (χ4n) is 1.75. The second-order valence-corrected chi connectivity index (χ2v) is 5.33. The van der Waals surface area contributed by atoms with Gasteiger partial charge in [-0.05, 0) is 24.2 Å². The normalized spacial score (nSPS) is 13.9. The van der Waals surface area contributed by atoms with E-state index < -0.39 is 45.9 Å². The van der Waals surface area contributed by atoms with Gasteiger partial charge in [0, 0.05) is 5.56 Å². The first-order valence-electron chi connectivity index (χ1n) is 8.04. The summed E-state index contributed by atoms with van der Waals surface area (Å²) >= 11 is 0. The predicted molar refractivity (Wildman–Crippen MR) is 86.0 cm³/mol. The van der Waals surface area contributed by atoms with Crippen molar-refractivity contribution >= 4 is 39.1 Å². The maximum Gasteiger partial charge on any atom is 0.446 e. The summed E-state index contributed by atoms with van der Waals surface area (Å²) in [6, 6.07) is -3.27. The number of nitrogens with two attached hydrogens (primary N) is 3. The van der Waals surface area contributed by atoms with E-state index in [1.807, 2.05) is 0 Å². The Morgan fingerprint density at radius 3 is 2.29 bits per heavy atom. The summed E-state index contributed by atoms with van der Waals surface area (Å²) in [6.45, 7) is 0. The molecule has 11 nitrogen and oxygen atoms in total. The molecule has 3 aromatic rings. The van der Waals surface area contributed by atoms with Crippen molar-refractivity contribution in [2.75, 3.05) is 17.2 Å². The van der Waals surface area contributed by atoms with Gasteiger partial charge < -0.3 is 21.4 Å². The molecule has 0 spiro atoms. The zero-order chi connectivity index (χ0) is 21.0. The minimum absolute atomic E-state index is 0.0477. The maximum atomic E-state index is 10.9. The SMILES string of the molecule is [2H]c1c([2H])c(-c2nc3c(N)nc(N)nc3nc2N)c([2H])c([2H])c1OS(=O)(=O)O. The van der Waals surface area contributed by atoms with Gasteiger partial charge in [-0.2, -0.15) is 18.4 Å². The molecule has 0 fully saturated rings. The fourth-order valence-corrected chi connectivity index (χ4v) is 2.04. The Hall–Kier alpha value is -3.25. The van der Waals surface area contributed by atoms with Crippen LogP contribution < -0.4 is 21.4 Å². The third-order valence-electron chi connectivity index (χ3n) is 2.63. The van der Waals surface area contributed by atoms with Crippen LogP contribution in [-0.2, 0) is 10.4 Å². The first-order chi connectivity index (χ1) is 12.9. The van der Waals surface area contributed by atoms with Gasteiger partial charge in [-0.15, -0.1) is 0 Å². The highest BCUT2D eigenvalue weighted by Gasteiger charge is 2.14. The molecule has 3 rings (SSSR count). The van der Waals surface area contributed by atoms with E-state index in [2.05, 4.69) is 24.1 Å². The molecule has 0 saturated heterocycles. The maximum absolute atomic E-state index is 10.9. The van der Waals surface area contributed by atoms with Gasteiger partial charge in [-0.25, -0.2) is 9.97 Å². The number of nitrogen functional groups attached to an aromatic ring is 3. The van der Waals surface area contributed by atoms with Gasteiger partial charge in [0.25, 0.3) is 0 Å². The largest absolute Gasteiger partial charge is 0.446 e. The Balaban J connectivity index is 2.35. The van der Waals surface area contributed by atoms with E-state index in [9.17, 15) is 8.42 Å². The molecule has 0 aliphatic heterocycles. The summed E-state index contributed by atoms with van der Waals surface area (Å²) in [5.74, 6) is -1.64. The molecule has 0 amide bonds. The van der Waals surface area contributed by atoms with E-state index in [0.717, 1.165) is 0 Å². The Morgan fingerprint density at radius 1 is 1.00 bits per heavy atom. The molecule has 124 valence electrons. The molecule has 7 N–H and O–H groups in total. The number of nitrogens with zero attached hydrogens (tertiary/aromatic N) is 4. The van der Waals surface area contributed by atoms with Crippen LogP contribution in [0.25, 0.3) is 22.4 Å². The highest BCUT2D eigenvalue weighted by atomic mass is 32.3. The molecule has 0 radical (unpaired) electrons. The quantitative estimate of drug-likeness (QED) is 0.463. The smallest absolute Gasteiger partial charge is 0.382 e. The number of aromatic nitrogens is 4. The van der Waals surface area contributed by atoms with Gasteiger partial charge in [0.2, 0.25) is 5.95 Å². The zero-order valence-corrected chi connectivity index (χ0v) is 12.4. The van der Waals surface area contributed by atoms with Gasteiger partial charge in [0.05, 0.1) is 5.48 Å². The summed E-state index contributed by atoms with van der Waals surface area (Å²) in [7, 11) is -5.08. The minimum Gasteiger partial charge on any atom is -0.382 e. The summed E-state index contributed by atoms with van der Waals surface area (Å²) < 4.78 is 66.6. The van der Waals surface area contributed by atoms with Crippen molar-refractivity contribution < 1.29 is 22.6 Å². The molecule has 0 atom stereocenters.